The molecule has 0 unspecified atom stereocenters. The quantitative estimate of drug-likeness (QED) is 0.366. The number of aliphatic hydroxyl groups is 1. The number of benzene rings is 2. The molecule has 0 radical (unpaired) electrons. The number of fused-ring (bicyclic) bond motifs is 1. The number of nitrogens with zero attached hydrogens (tertiary/aromatic N) is 1. The second-order valence-electron chi connectivity index (χ2n) is 8.13. The van der Waals surface area contributed by atoms with Crippen molar-refractivity contribution in [3.63, 3.8) is 0 Å². The zero-order chi connectivity index (χ0) is 22.5. The summed E-state index contributed by atoms with van der Waals surface area (Å²) in [6.45, 7) is 0.143. The number of pyridine rings is 1. The van der Waals surface area contributed by atoms with E-state index in [9.17, 15) is 15.0 Å². The number of H-pyrrole nitrogens is 1. The van der Waals surface area contributed by atoms with Crippen LogP contribution < -0.4 is 4.74 Å². The molecule has 1 aliphatic carbocycles. The standard InChI is InChI=1S/C25H21ClN2O4/c1-32-20-3-2-10-27-22(20)23(30)21-17-11-16(18(26)12-19(17)28-24(21)31)14-4-6-15(7-5-14)25(13-29)8-9-25/h2-7,10-12,28-29,31H,8-9,13H2,1H3. The number of carbonyl (C=O) groups is 1. The Kier molecular flexibility index (Phi) is 4.92. The Labute approximate surface area is 189 Å². The zero-order valence-electron chi connectivity index (χ0n) is 17.4. The van der Waals surface area contributed by atoms with Gasteiger partial charge in [-0.15, -0.1) is 0 Å². The van der Waals surface area contributed by atoms with Crippen LogP contribution in [0.1, 0.15) is 34.5 Å². The van der Waals surface area contributed by atoms with E-state index in [0.717, 1.165) is 29.5 Å². The molecular weight excluding hydrogens is 428 g/mol. The van der Waals surface area contributed by atoms with E-state index >= 15 is 0 Å². The minimum absolute atomic E-state index is 0.111. The van der Waals surface area contributed by atoms with Crippen molar-refractivity contribution in [2.45, 2.75) is 18.3 Å². The number of hydrogen-bond donors (Lipinski definition) is 3. The summed E-state index contributed by atoms with van der Waals surface area (Å²) in [5.41, 5.74) is 3.39. The third-order valence-corrected chi connectivity index (χ3v) is 6.58. The van der Waals surface area contributed by atoms with Gasteiger partial charge in [-0.1, -0.05) is 35.9 Å². The molecule has 4 aromatic rings. The number of aliphatic hydroxyl groups excluding tert-OH is 1. The maximum Gasteiger partial charge on any atom is 0.221 e. The molecule has 7 heteroatoms. The SMILES string of the molecule is COc1cccnc1C(=O)c1c(O)[nH]c2cc(Cl)c(-c3ccc(C4(CO)CC4)cc3)cc12. The van der Waals surface area contributed by atoms with Crippen molar-refractivity contribution in [1.29, 1.82) is 0 Å². The Bertz CT molecular complexity index is 1340. The highest BCUT2D eigenvalue weighted by Crippen LogP contribution is 2.48. The first-order chi connectivity index (χ1) is 15.5. The van der Waals surface area contributed by atoms with Gasteiger partial charge < -0.3 is 19.9 Å². The molecule has 3 N–H and O–H groups in total. The molecule has 0 saturated heterocycles. The molecule has 1 saturated carbocycles. The van der Waals surface area contributed by atoms with Gasteiger partial charge in [0.05, 0.1) is 29.8 Å². The molecule has 0 amide bonds. The van der Waals surface area contributed by atoms with Gasteiger partial charge in [0.25, 0.3) is 0 Å². The fourth-order valence-electron chi connectivity index (χ4n) is 4.19. The Morgan fingerprint density at radius 1 is 1.22 bits per heavy atom. The highest BCUT2D eigenvalue weighted by Gasteiger charge is 2.43. The van der Waals surface area contributed by atoms with Crippen LogP contribution in [0.4, 0.5) is 0 Å². The highest BCUT2D eigenvalue weighted by atomic mass is 35.5. The predicted octanol–water partition coefficient (Wildman–Crippen LogP) is 4.85. The fraction of sp³-hybridized carbons (Fsp3) is 0.200. The third-order valence-electron chi connectivity index (χ3n) is 6.26. The molecule has 0 bridgehead atoms. The molecule has 2 heterocycles. The van der Waals surface area contributed by atoms with Gasteiger partial charge in [-0.25, -0.2) is 4.98 Å². The Hall–Kier alpha value is -3.35. The van der Waals surface area contributed by atoms with Crippen molar-refractivity contribution in [2.75, 3.05) is 13.7 Å². The lowest BCUT2D eigenvalue weighted by Gasteiger charge is -2.13. The molecule has 162 valence electrons. The Morgan fingerprint density at radius 3 is 2.62 bits per heavy atom. The average Bonchev–Trinajstić information content (AvgIpc) is 3.55. The van der Waals surface area contributed by atoms with Gasteiger partial charge in [0.15, 0.2) is 5.69 Å². The molecule has 0 aliphatic heterocycles. The smallest absolute Gasteiger partial charge is 0.221 e. The van der Waals surface area contributed by atoms with Crippen molar-refractivity contribution in [1.82, 2.24) is 9.97 Å². The van der Waals surface area contributed by atoms with E-state index in [1.165, 1.54) is 13.3 Å². The summed E-state index contributed by atoms with van der Waals surface area (Å²) >= 11 is 6.55. The number of carbonyl (C=O) groups excluding carboxylic acids is 1. The number of ether oxygens (including phenoxy) is 1. The maximum atomic E-state index is 13.3. The van der Waals surface area contributed by atoms with Gasteiger partial charge >= 0.3 is 0 Å². The highest BCUT2D eigenvalue weighted by molar-refractivity contribution is 6.34. The van der Waals surface area contributed by atoms with Crippen LogP contribution >= 0.6 is 11.6 Å². The molecule has 6 nitrogen and oxygen atoms in total. The summed E-state index contributed by atoms with van der Waals surface area (Å²) in [4.78, 5) is 20.3. The van der Waals surface area contributed by atoms with Crippen LogP contribution in [0.25, 0.3) is 22.0 Å². The molecule has 2 aromatic heterocycles. The van der Waals surface area contributed by atoms with Crippen LogP contribution in [-0.4, -0.2) is 39.7 Å². The van der Waals surface area contributed by atoms with Crippen molar-refractivity contribution in [3.05, 3.63) is 76.6 Å². The first-order valence-corrected chi connectivity index (χ1v) is 10.6. The van der Waals surface area contributed by atoms with Crippen molar-refractivity contribution >= 4 is 28.3 Å². The molecule has 1 aliphatic rings. The van der Waals surface area contributed by atoms with Crippen molar-refractivity contribution < 1.29 is 19.7 Å². The number of halogens is 1. The summed E-state index contributed by atoms with van der Waals surface area (Å²) in [5, 5.41) is 21.2. The number of hydrogen-bond acceptors (Lipinski definition) is 5. The monoisotopic (exact) mass is 448 g/mol. The topological polar surface area (TPSA) is 95.4 Å². The summed E-state index contributed by atoms with van der Waals surface area (Å²) in [6.07, 6.45) is 3.48. The number of ketones is 1. The fourth-order valence-corrected chi connectivity index (χ4v) is 4.46. The van der Waals surface area contributed by atoms with E-state index in [1.54, 1.807) is 24.3 Å². The number of aromatic amines is 1. The van der Waals surface area contributed by atoms with Crippen molar-refractivity contribution in [3.8, 4) is 22.8 Å². The van der Waals surface area contributed by atoms with E-state index in [-0.39, 0.29) is 29.2 Å². The second kappa shape index (κ2) is 7.65. The largest absolute Gasteiger partial charge is 0.494 e. The van der Waals surface area contributed by atoms with E-state index in [1.807, 2.05) is 24.3 Å². The summed E-state index contributed by atoms with van der Waals surface area (Å²) in [6, 6.07) is 14.8. The van der Waals surface area contributed by atoms with Crippen LogP contribution in [0.3, 0.4) is 0 Å². The third kappa shape index (κ3) is 3.23. The van der Waals surface area contributed by atoms with Gasteiger partial charge in [-0.05, 0) is 48.2 Å². The van der Waals surface area contributed by atoms with Gasteiger partial charge in [-0.2, -0.15) is 0 Å². The summed E-state index contributed by atoms with van der Waals surface area (Å²) in [5.74, 6) is -0.373. The molecule has 32 heavy (non-hydrogen) atoms. The Morgan fingerprint density at radius 2 is 1.97 bits per heavy atom. The summed E-state index contributed by atoms with van der Waals surface area (Å²) < 4.78 is 5.27. The van der Waals surface area contributed by atoms with E-state index in [0.29, 0.717) is 21.7 Å². The number of nitrogens with one attached hydrogen (secondary N) is 1. The number of aromatic nitrogens is 2. The lowest BCUT2D eigenvalue weighted by Crippen LogP contribution is -2.11. The molecule has 0 atom stereocenters. The minimum atomic E-state index is -0.451. The lowest BCUT2D eigenvalue weighted by atomic mass is 9.94. The van der Waals surface area contributed by atoms with E-state index in [2.05, 4.69) is 9.97 Å². The molecular formula is C25H21ClN2O4. The van der Waals surface area contributed by atoms with E-state index < -0.39 is 5.78 Å². The predicted molar refractivity (Wildman–Crippen MR) is 123 cm³/mol. The van der Waals surface area contributed by atoms with Crippen LogP contribution in [0.2, 0.25) is 5.02 Å². The van der Waals surface area contributed by atoms with Gasteiger partial charge in [0.2, 0.25) is 11.7 Å². The average molecular weight is 449 g/mol. The normalized spacial score (nSPS) is 14.5. The van der Waals surface area contributed by atoms with Crippen LogP contribution in [0.15, 0.2) is 54.7 Å². The Balaban J connectivity index is 1.61. The van der Waals surface area contributed by atoms with Crippen LogP contribution in [-0.2, 0) is 5.41 Å². The first-order valence-electron chi connectivity index (χ1n) is 10.3. The maximum absolute atomic E-state index is 13.3. The van der Waals surface area contributed by atoms with Gasteiger partial charge in [0.1, 0.15) is 5.75 Å². The number of aromatic hydroxyl groups is 1. The summed E-state index contributed by atoms with van der Waals surface area (Å²) in [7, 11) is 1.47. The number of methoxy groups -OCH3 is 1. The van der Waals surface area contributed by atoms with Crippen LogP contribution in [0, 0.1) is 0 Å². The molecule has 0 spiro atoms. The second-order valence-corrected chi connectivity index (χ2v) is 8.53. The zero-order valence-corrected chi connectivity index (χ0v) is 18.1. The van der Waals surface area contributed by atoms with Gasteiger partial charge in [-0.3, -0.25) is 4.79 Å². The first kappa shape index (κ1) is 20.5. The van der Waals surface area contributed by atoms with Gasteiger partial charge in [0, 0.05) is 22.6 Å². The van der Waals surface area contributed by atoms with Crippen molar-refractivity contribution in [2.24, 2.45) is 0 Å². The van der Waals surface area contributed by atoms with Crippen LogP contribution in [0.5, 0.6) is 11.6 Å². The number of rotatable bonds is 6. The minimum Gasteiger partial charge on any atom is -0.494 e. The molecule has 1 fully saturated rings. The lowest BCUT2D eigenvalue weighted by molar-refractivity contribution is 0.103. The molecule has 2 aromatic carbocycles. The molecule has 5 rings (SSSR count). The van der Waals surface area contributed by atoms with E-state index in [4.69, 9.17) is 16.3 Å².